The summed E-state index contributed by atoms with van der Waals surface area (Å²) in [5.41, 5.74) is 0. The summed E-state index contributed by atoms with van der Waals surface area (Å²) in [5.74, 6) is 0.741. The van der Waals surface area contributed by atoms with Gasteiger partial charge in [0.1, 0.15) is 11.0 Å². The maximum absolute atomic E-state index is 12.1. The molecule has 4 nitrogen and oxygen atoms in total. The summed E-state index contributed by atoms with van der Waals surface area (Å²) < 4.78 is 36.2. The average Bonchev–Trinajstić information content (AvgIpc) is 2.20. The summed E-state index contributed by atoms with van der Waals surface area (Å²) in [4.78, 5) is 9.20. The van der Waals surface area contributed by atoms with Gasteiger partial charge in [0.2, 0.25) is 0 Å². The van der Waals surface area contributed by atoms with Crippen LogP contribution in [0, 0.1) is 5.92 Å². The van der Waals surface area contributed by atoms with Crippen LogP contribution in [-0.4, -0.2) is 47.2 Å². The van der Waals surface area contributed by atoms with Gasteiger partial charge in [0.15, 0.2) is 0 Å². The third-order valence-corrected chi connectivity index (χ3v) is 2.79. The van der Waals surface area contributed by atoms with E-state index >= 15 is 0 Å². The molecule has 2 rings (SSSR count). The second-order valence-corrected chi connectivity index (χ2v) is 4.67. The Kier molecular flexibility index (Phi) is 3.91. The Morgan fingerprint density at radius 3 is 2.72 bits per heavy atom. The second kappa shape index (κ2) is 5.27. The smallest absolute Gasteiger partial charge is 0.368 e. The van der Waals surface area contributed by atoms with Gasteiger partial charge < -0.3 is 5.32 Å². The number of aromatic nitrogens is 2. The van der Waals surface area contributed by atoms with Crippen molar-refractivity contribution in [2.24, 2.45) is 5.92 Å². The molecule has 18 heavy (non-hydrogen) atoms. The maximum atomic E-state index is 12.1. The van der Waals surface area contributed by atoms with Crippen LogP contribution in [0.1, 0.15) is 0 Å². The lowest BCUT2D eigenvalue weighted by atomic mass is 10.0. The van der Waals surface area contributed by atoms with E-state index in [2.05, 4.69) is 15.3 Å². The van der Waals surface area contributed by atoms with Gasteiger partial charge in [-0.3, -0.25) is 9.88 Å². The van der Waals surface area contributed by atoms with Crippen molar-refractivity contribution in [2.75, 3.05) is 31.5 Å². The van der Waals surface area contributed by atoms with Gasteiger partial charge in [0, 0.05) is 25.6 Å². The number of rotatable bonds is 4. The predicted molar refractivity (Wildman–Crippen MR) is 61.5 cm³/mol. The van der Waals surface area contributed by atoms with E-state index in [1.165, 1.54) is 17.3 Å². The van der Waals surface area contributed by atoms with Crippen molar-refractivity contribution < 1.29 is 13.2 Å². The lowest BCUT2D eigenvalue weighted by Crippen LogP contribution is -2.52. The summed E-state index contributed by atoms with van der Waals surface area (Å²) in [6.07, 6.45) is -1.17. The minimum Gasteiger partial charge on any atom is -0.368 e. The van der Waals surface area contributed by atoms with Gasteiger partial charge in [-0.25, -0.2) is 4.98 Å². The van der Waals surface area contributed by atoms with E-state index in [4.69, 9.17) is 11.6 Å². The summed E-state index contributed by atoms with van der Waals surface area (Å²) in [5, 5.41) is 3.29. The minimum absolute atomic E-state index is 0.202. The van der Waals surface area contributed by atoms with Gasteiger partial charge in [0.05, 0.1) is 18.9 Å². The largest absolute Gasteiger partial charge is 0.401 e. The second-order valence-electron chi connectivity index (χ2n) is 4.28. The van der Waals surface area contributed by atoms with Crippen LogP contribution in [0.25, 0.3) is 0 Å². The van der Waals surface area contributed by atoms with Crippen LogP contribution < -0.4 is 5.32 Å². The number of hydrogen-bond acceptors (Lipinski definition) is 4. The Labute approximate surface area is 107 Å². The van der Waals surface area contributed by atoms with Gasteiger partial charge in [-0.2, -0.15) is 13.2 Å². The van der Waals surface area contributed by atoms with Crippen LogP contribution in [0.15, 0.2) is 12.4 Å². The number of anilines is 1. The molecule has 0 spiro atoms. The molecular weight excluding hydrogens is 269 g/mol. The molecule has 1 saturated heterocycles. The SMILES string of the molecule is FC(F)(F)CN1CC(CNc2cncc(Cl)n2)C1. The van der Waals surface area contributed by atoms with Gasteiger partial charge in [-0.15, -0.1) is 0 Å². The molecule has 1 aliphatic rings. The average molecular weight is 281 g/mol. The Balaban J connectivity index is 1.69. The van der Waals surface area contributed by atoms with Crippen LogP contribution in [0.3, 0.4) is 0 Å². The minimum atomic E-state index is -4.11. The summed E-state index contributed by atoms with van der Waals surface area (Å²) in [6.45, 7) is 0.630. The summed E-state index contributed by atoms with van der Waals surface area (Å²) in [7, 11) is 0. The van der Waals surface area contributed by atoms with Crippen molar-refractivity contribution in [1.29, 1.82) is 0 Å². The Bertz CT molecular complexity index is 406. The molecule has 1 aliphatic heterocycles. The normalized spacial score (nSPS) is 17.6. The Morgan fingerprint density at radius 2 is 2.11 bits per heavy atom. The fourth-order valence-electron chi connectivity index (χ4n) is 1.86. The zero-order chi connectivity index (χ0) is 13.2. The molecule has 1 fully saturated rings. The van der Waals surface area contributed by atoms with Crippen molar-refractivity contribution >= 4 is 17.4 Å². The molecule has 0 bridgehead atoms. The van der Waals surface area contributed by atoms with Gasteiger partial charge in [-0.1, -0.05) is 11.6 Å². The molecule has 0 radical (unpaired) electrons. The van der Waals surface area contributed by atoms with E-state index in [1.54, 1.807) is 0 Å². The van der Waals surface area contributed by atoms with Crippen LogP contribution in [0.4, 0.5) is 19.0 Å². The predicted octanol–water partition coefficient (Wildman–Crippen LogP) is 2.04. The lowest BCUT2D eigenvalue weighted by molar-refractivity contribution is -0.157. The first-order chi connectivity index (χ1) is 8.42. The molecule has 0 unspecified atom stereocenters. The molecule has 0 aromatic carbocycles. The topological polar surface area (TPSA) is 41.0 Å². The van der Waals surface area contributed by atoms with E-state index in [9.17, 15) is 13.2 Å². The molecule has 1 aromatic rings. The number of likely N-dealkylation sites (tertiary alicyclic amines) is 1. The van der Waals surface area contributed by atoms with Crippen LogP contribution in [-0.2, 0) is 0 Å². The van der Waals surface area contributed by atoms with Gasteiger partial charge in [-0.05, 0) is 0 Å². The maximum Gasteiger partial charge on any atom is 0.401 e. The van der Waals surface area contributed by atoms with E-state index in [1.807, 2.05) is 0 Å². The highest BCUT2D eigenvalue weighted by molar-refractivity contribution is 6.29. The number of halogens is 4. The molecule has 0 amide bonds. The molecule has 1 aromatic heterocycles. The molecule has 100 valence electrons. The first-order valence-electron chi connectivity index (χ1n) is 5.43. The van der Waals surface area contributed by atoms with E-state index in [0.717, 1.165) is 0 Å². The molecule has 0 aliphatic carbocycles. The first-order valence-corrected chi connectivity index (χ1v) is 5.81. The number of nitrogens with zero attached hydrogens (tertiary/aromatic N) is 3. The highest BCUT2D eigenvalue weighted by Gasteiger charge is 2.36. The van der Waals surface area contributed by atoms with Crippen LogP contribution in [0.2, 0.25) is 5.15 Å². The van der Waals surface area contributed by atoms with Gasteiger partial charge in [0.25, 0.3) is 0 Å². The zero-order valence-corrected chi connectivity index (χ0v) is 10.2. The molecule has 0 atom stereocenters. The number of hydrogen-bond donors (Lipinski definition) is 1. The highest BCUT2D eigenvalue weighted by Crippen LogP contribution is 2.23. The van der Waals surface area contributed by atoms with Crippen molar-refractivity contribution in [3.8, 4) is 0 Å². The van der Waals surface area contributed by atoms with E-state index < -0.39 is 12.7 Å². The fraction of sp³-hybridized carbons (Fsp3) is 0.600. The Morgan fingerprint density at radius 1 is 1.39 bits per heavy atom. The number of nitrogens with one attached hydrogen (secondary N) is 1. The van der Waals surface area contributed by atoms with E-state index in [0.29, 0.717) is 25.5 Å². The Hall–Kier alpha value is -1.08. The third kappa shape index (κ3) is 3.99. The molecule has 0 saturated carbocycles. The van der Waals surface area contributed by atoms with Crippen LogP contribution >= 0.6 is 11.6 Å². The van der Waals surface area contributed by atoms with Crippen molar-refractivity contribution in [3.63, 3.8) is 0 Å². The summed E-state index contributed by atoms with van der Waals surface area (Å²) >= 11 is 5.66. The van der Waals surface area contributed by atoms with Crippen molar-refractivity contribution in [1.82, 2.24) is 14.9 Å². The molecule has 1 N–H and O–H groups in total. The molecule has 8 heteroatoms. The van der Waals surface area contributed by atoms with Gasteiger partial charge >= 0.3 is 6.18 Å². The molecular formula is C10H12ClF3N4. The van der Waals surface area contributed by atoms with E-state index in [-0.39, 0.29) is 11.1 Å². The first kappa shape index (κ1) is 13.4. The van der Waals surface area contributed by atoms with Crippen molar-refractivity contribution in [2.45, 2.75) is 6.18 Å². The van der Waals surface area contributed by atoms with Crippen LogP contribution in [0.5, 0.6) is 0 Å². The highest BCUT2D eigenvalue weighted by atomic mass is 35.5. The monoisotopic (exact) mass is 280 g/mol. The lowest BCUT2D eigenvalue weighted by Gasteiger charge is -2.39. The summed E-state index contributed by atoms with van der Waals surface area (Å²) in [6, 6.07) is 0. The fourth-order valence-corrected chi connectivity index (χ4v) is 2.01. The van der Waals surface area contributed by atoms with Crippen molar-refractivity contribution in [3.05, 3.63) is 17.5 Å². The zero-order valence-electron chi connectivity index (χ0n) is 9.41. The third-order valence-electron chi connectivity index (χ3n) is 2.61. The standard InChI is InChI=1S/C10H12ClF3N4/c11-8-2-15-3-9(17-8)16-1-7-4-18(5-7)6-10(12,13)14/h2-3,7H,1,4-6H2,(H,16,17). The quantitative estimate of drug-likeness (QED) is 0.916. The molecule has 2 heterocycles. The number of alkyl halides is 3.